The molecule has 0 heterocycles. The number of benzene rings is 2. The Morgan fingerprint density at radius 1 is 0.917 bits per heavy atom. The Bertz CT molecular complexity index is 808. The van der Waals surface area contributed by atoms with Gasteiger partial charge in [-0.05, 0) is 24.3 Å². The van der Waals surface area contributed by atoms with Crippen LogP contribution in [0.3, 0.4) is 0 Å². The zero-order valence-electron chi connectivity index (χ0n) is 13.9. The molecule has 0 amide bonds. The van der Waals surface area contributed by atoms with Crippen LogP contribution in [0.2, 0.25) is 0 Å². The van der Waals surface area contributed by atoms with Crippen molar-refractivity contribution in [3.8, 4) is 40.2 Å². The average Bonchev–Trinajstić information content (AvgIpc) is 2.65. The molecule has 0 spiro atoms. The number of aldehydes is 1. The minimum absolute atomic E-state index is 0.251. The molecular formula is C18H17NO5. The van der Waals surface area contributed by atoms with E-state index >= 15 is 0 Å². The lowest BCUT2D eigenvalue weighted by Gasteiger charge is -2.18. The molecule has 2 aromatic carbocycles. The third-order valence-electron chi connectivity index (χ3n) is 3.62. The van der Waals surface area contributed by atoms with Crippen molar-refractivity contribution in [1.29, 1.82) is 5.26 Å². The molecule has 6 nitrogen and oxygen atoms in total. The molecule has 0 aliphatic rings. The zero-order chi connectivity index (χ0) is 17.7. The highest BCUT2D eigenvalue weighted by Crippen LogP contribution is 2.45. The molecule has 0 saturated carbocycles. The van der Waals surface area contributed by atoms with Gasteiger partial charge in [-0.1, -0.05) is 0 Å². The summed E-state index contributed by atoms with van der Waals surface area (Å²) in [5, 5.41) is 9.44. The highest BCUT2D eigenvalue weighted by molar-refractivity contribution is 5.95. The lowest BCUT2D eigenvalue weighted by Crippen LogP contribution is -2.01. The summed E-state index contributed by atoms with van der Waals surface area (Å²) in [5.41, 5.74) is 1.72. The number of ether oxygens (including phenoxy) is 4. The van der Waals surface area contributed by atoms with Gasteiger partial charge in [-0.15, -0.1) is 0 Å². The lowest BCUT2D eigenvalue weighted by molar-refractivity contribution is 0.112. The van der Waals surface area contributed by atoms with Crippen molar-refractivity contribution in [2.75, 3.05) is 28.4 Å². The lowest BCUT2D eigenvalue weighted by atomic mass is 9.94. The summed E-state index contributed by atoms with van der Waals surface area (Å²) >= 11 is 0. The molecule has 0 fully saturated rings. The maximum atomic E-state index is 11.7. The minimum Gasteiger partial charge on any atom is -0.497 e. The van der Waals surface area contributed by atoms with E-state index in [0.717, 1.165) is 0 Å². The SMILES string of the molecule is COc1ccc(-c2cc(OC)c(OC)c(OC)c2C=O)c(C#N)c1. The van der Waals surface area contributed by atoms with Gasteiger partial charge >= 0.3 is 0 Å². The standard InChI is InChI=1S/C18H17NO5/c1-21-12-5-6-13(11(7-12)9-19)14-8-16(22-2)18(24-4)17(23-3)15(14)10-20/h5-8,10H,1-4H3. The van der Waals surface area contributed by atoms with Crippen molar-refractivity contribution in [2.24, 2.45) is 0 Å². The summed E-state index contributed by atoms with van der Waals surface area (Å²) in [6, 6.07) is 8.80. The fourth-order valence-corrected chi connectivity index (χ4v) is 2.50. The monoisotopic (exact) mass is 327 g/mol. The predicted octanol–water partition coefficient (Wildman–Crippen LogP) is 3.07. The van der Waals surface area contributed by atoms with E-state index in [-0.39, 0.29) is 11.3 Å². The number of rotatable bonds is 6. The van der Waals surface area contributed by atoms with Gasteiger partial charge in [-0.25, -0.2) is 0 Å². The topological polar surface area (TPSA) is 77.8 Å². The zero-order valence-corrected chi connectivity index (χ0v) is 13.9. The van der Waals surface area contributed by atoms with E-state index < -0.39 is 0 Å². The van der Waals surface area contributed by atoms with E-state index in [2.05, 4.69) is 6.07 Å². The summed E-state index contributed by atoms with van der Waals surface area (Å²) in [6.07, 6.45) is 0.668. The quantitative estimate of drug-likeness (QED) is 0.759. The van der Waals surface area contributed by atoms with Crippen LogP contribution < -0.4 is 18.9 Å². The summed E-state index contributed by atoms with van der Waals surface area (Å²) in [7, 11) is 5.91. The number of hydrogen-bond donors (Lipinski definition) is 0. The highest BCUT2D eigenvalue weighted by Gasteiger charge is 2.22. The Labute approximate surface area is 140 Å². The first-order chi connectivity index (χ1) is 11.6. The van der Waals surface area contributed by atoms with Crippen LogP contribution in [-0.2, 0) is 0 Å². The van der Waals surface area contributed by atoms with Crippen molar-refractivity contribution < 1.29 is 23.7 Å². The maximum Gasteiger partial charge on any atom is 0.204 e. The van der Waals surface area contributed by atoms with Crippen LogP contribution in [0.4, 0.5) is 0 Å². The molecule has 6 heteroatoms. The van der Waals surface area contributed by atoms with Crippen LogP contribution >= 0.6 is 0 Å². The van der Waals surface area contributed by atoms with Crippen molar-refractivity contribution in [3.05, 3.63) is 35.4 Å². The molecule has 124 valence electrons. The summed E-state index contributed by atoms with van der Waals surface area (Å²) in [6.45, 7) is 0. The average molecular weight is 327 g/mol. The molecule has 0 unspecified atom stereocenters. The molecule has 2 rings (SSSR count). The Morgan fingerprint density at radius 2 is 1.62 bits per heavy atom. The van der Waals surface area contributed by atoms with E-state index in [1.165, 1.54) is 28.4 Å². The number of nitrogens with zero attached hydrogens (tertiary/aromatic N) is 1. The van der Waals surface area contributed by atoms with Gasteiger partial charge < -0.3 is 18.9 Å². The Balaban J connectivity index is 2.84. The molecule has 0 atom stereocenters. The summed E-state index contributed by atoms with van der Waals surface area (Å²) < 4.78 is 21.1. The van der Waals surface area contributed by atoms with E-state index in [1.807, 2.05) is 0 Å². The molecule has 0 saturated heterocycles. The fourth-order valence-electron chi connectivity index (χ4n) is 2.50. The number of hydrogen-bond acceptors (Lipinski definition) is 6. The predicted molar refractivity (Wildman–Crippen MR) is 88.2 cm³/mol. The molecule has 0 aromatic heterocycles. The first kappa shape index (κ1) is 17.2. The van der Waals surface area contributed by atoms with Gasteiger partial charge in [0.25, 0.3) is 0 Å². The van der Waals surface area contributed by atoms with Crippen LogP contribution in [0.15, 0.2) is 24.3 Å². The van der Waals surface area contributed by atoms with Crippen LogP contribution in [0.1, 0.15) is 15.9 Å². The van der Waals surface area contributed by atoms with Crippen LogP contribution in [0, 0.1) is 11.3 Å². The normalized spacial score (nSPS) is 9.79. The van der Waals surface area contributed by atoms with Gasteiger partial charge in [0.05, 0.1) is 45.6 Å². The minimum atomic E-state index is 0.251. The third kappa shape index (κ3) is 2.84. The molecule has 24 heavy (non-hydrogen) atoms. The number of carbonyl (C=O) groups is 1. The largest absolute Gasteiger partial charge is 0.497 e. The smallest absolute Gasteiger partial charge is 0.204 e. The van der Waals surface area contributed by atoms with Gasteiger partial charge in [-0.2, -0.15) is 5.26 Å². The second kappa shape index (κ2) is 7.38. The van der Waals surface area contributed by atoms with E-state index in [4.69, 9.17) is 18.9 Å². The Hall–Kier alpha value is -3.20. The molecular weight excluding hydrogens is 310 g/mol. The van der Waals surface area contributed by atoms with Gasteiger partial charge in [0.15, 0.2) is 17.8 Å². The molecule has 2 aromatic rings. The first-order valence-corrected chi connectivity index (χ1v) is 7.01. The molecule has 0 aliphatic carbocycles. The van der Waals surface area contributed by atoms with Crippen LogP contribution in [0.25, 0.3) is 11.1 Å². The van der Waals surface area contributed by atoms with Gasteiger partial charge in [0.2, 0.25) is 5.75 Å². The third-order valence-corrected chi connectivity index (χ3v) is 3.62. The van der Waals surface area contributed by atoms with Gasteiger partial charge in [0.1, 0.15) is 5.75 Å². The summed E-state index contributed by atoms with van der Waals surface area (Å²) in [4.78, 5) is 11.7. The second-order valence-electron chi connectivity index (χ2n) is 4.75. The van der Waals surface area contributed by atoms with E-state index in [1.54, 1.807) is 24.3 Å². The molecule has 0 aliphatic heterocycles. The number of carbonyl (C=O) groups excluding carboxylic acids is 1. The van der Waals surface area contributed by atoms with E-state index in [9.17, 15) is 10.1 Å². The second-order valence-corrected chi connectivity index (χ2v) is 4.75. The van der Waals surface area contributed by atoms with Gasteiger partial charge in [0, 0.05) is 11.1 Å². The number of methoxy groups -OCH3 is 4. The first-order valence-electron chi connectivity index (χ1n) is 7.01. The Morgan fingerprint density at radius 3 is 2.12 bits per heavy atom. The fraction of sp³-hybridized carbons (Fsp3) is 0.222. The van der Waals surface area contributed by atoms with Crippen molar-refractivity contribution in [1.82, 2.24) is 0 Å². The van der Waals surface area contributed by atoms with Crippen LogP contribution in [-0.4, -0.2) is 34.7 Å². The van der Waals surface area contributed by atoms with E-state index in [0.29, 0.717) is 40.2 Å². The summed E-state index contributed by atoms with van der Waals surface area (Å²) in [5.74, 6) is 1.52. The maximum absolute atomic E-state index is 11.7. The Kier molecular flexibility index (Phi) is 5.27. The molecule has 0 bridgehead atoms. The highest BCUT2D eigenvalue weighted by atomic mass is 16.5. The van der Waals surface area contributed by atoms with Crippen molar-refractivity contribution >= 4 is 6.29 Å². The molecule has 0 N–H and O–H groups in total. The van der Waals surface area contributed by atoms with Crippen molar-refractivity contribution in [2.45, 2.75) is 0 Å². The molecule has 0 radical (unpaired) electrons. The number of nitriles is 1. The van der Waals surface area contributed by atoms with Gasteiger partial charge in [-0.3, -0.25) is 4.79 Å². The van der Waals surface area contributed by atoms with Crippen molar-refractivity contribution in [3.63, 3.8) is 0 Å². The van der Waals surface area contributed by atoms with Crippen LogP contribution in [0.5, 0.6) is 23.0 Å².